The molecule has 2 aromatic rings. The first-order chi connectivity index (χ1) is 12.5. The monoisotopic (exact) mass is 357 g/mol. The van der Waals surface area contributed by atoms with Crippen LogP contribution in [0.5, 0.6) is 11.6 Å². The van der Waals surface area contributed by atoms with Crippen LogP contribution < -0.4 is 16.2 Å². The second-order valence-corrected chi connectivity index (χ2v) is 6.90. The molecule has 0 radical (unpaired) electrons. The van der Waals surface area contributed by atoms with Gasteiger partial charge in [-0.2, -0.15) is 0 Å². The molecule has 1 fully saturated rings. The van der Waals surface area contributed by atoms with Crippen LogP contribution in [0.15, 0.2) is 36.5 Å². The maximum atomic E-state index is 14.6. The van der Waals surface area contributed by atoms with E-state index in [9.17, 15) is 9.18 Å². The van der Waals surface area contributed by atoms with Crippen LogP contribution in [0, 0.1) is 5.82 Å². The van der Waals surface area contributed by atoms with Gasteiger partial charge in [0.1, 0.15) is 0 Å². The van der Waals surface area contributed by atoms with Crippen LogP contribution in [-0.4, -0.2) is 17.4 Å². The number of carbonyl (C=O) groups excluding carboxylic acids is 1. The van der Waals surface area contributed by atoms with Gasteiger partial charge in [-0.25, -0.2) is 9.37 Å². The van der Waals surface area contributed by atoms with Crippen LogP contribution >= 0.6 is 0 Å². The highest BCUT2D eigenvalue weighted by Crippen LogP contribution is 2.39. The Labute approximate surface area is 152 Å². The predicted molar refractivity (Wildman–Crippen MR) is 97.7 cm³/mol. The van der Waals surface area contributed by atoms with Crippen molar-refractivity contribution < 1.29 is 13.9 Å². The van der Waals surface area contributed by atoms with Crippen LogP contribution in [0.3, 0.4) is 0 Å². The molecule has 0 saturated heterocycles. The van der Waals surface area contributed by atoms with Gasteiger partial charge in [0, 0.05) is 24.2 Å². The van der Waals surface area contributed by atoms with Crippen molar-refractivity contribution in [3.8, 4) is 11.6 Å². The van der Waals surface area contributed by atoms with Gasteiger partial charge in [0.2, 0.25) is 11.8 Å². The number of hydrogen-bond acceptors (Lipinski definition) is 4. The van der Waals surface area contributed by atoms with E-state index in [1.807, 2.05) is 6.07 Å². The maximum absolute atomic E-state index is 14.6. The molecule has 4 N–H and O–H groups in total. The molecule has 0 unspecified atom stereocenters. The molecular formula is C20H24FN3O2. The zero-order chi connectivity index (χ0) is 18.6. The lowest BCUT2D eigenvalue weighted by molar-refractivity contribution is 0.1000. The number of hydrogen-bond donors (Lipinski definition) is 2. The van der Waals surface area contributed by atoms with Crippen molar-refractivity contribution in [3.05, 3.63) is 53.5 Å². The molecule has 1 aliphatic carbocycles. The van der Waals surface area contributed by atoms with Crippen molar-refractivity contribution in [1.82, 2.24) is 4.98 Å². The fourth-order valence-electron chi connectivity index (χ4n) is 3.63. The molecule has 0 spiro atoms. The minimum Gasteiger partial charge on any atom is -0.436 e. The number of amides is 1. The van der Waals surface area contributed by atoms with E-state index >= 15 is 0 Å². The van der Waals surface area contributed by atoms with Gasteiger partial charge in [-0.05, 0) is 36.6 Å². The number of carbonyl (C=O) groups is 1. The normalized spacial score (nSPS) is 16.7. The molecule has 138 valence electrons. The van der Waals surface area contributed by atoms with Crippen LogP contribution in [0.25, 0.3) is 0 Å². The number of benzene rings is 1. The number of pyridine rings is 1. The zero-order valence-electron chi connectivity index (χ0n) is 14.7. The van der Waals surface area contributed by atoms with Gasteiger partial charge < -0.3 is 16.2 Å². The molecule has 0 aliphatic heterocycles. The summed E-state index contributed by atoms with van der Waals surface area (Å²) in [4.78, 5) is 15.0. The van der Waals surface area contributed by atoms with Crippen molar-refractivity contribution in [2.45, 2.75) is 43.9 Å². The first kappa shape index (κ1) is 18.3. The molecule has 1 saturated carbocycles. The first-order valence-electron chi connectivity index (χ1n) is 8.98. The number of ether oxygens (including phenoxy) is 1. The van der Waals surface area contributed by atoms with E-state index in [4.69, 9.17) is 16.2 Å². The molecule has 1 aromatic carbocycles. The summed E-state index contributed by atoms with van der Waals surface area (Å²) in [6.07, 6.45) is 7.93. The van der Waals surface area contributed by atoms with Gasteiger partial charge in [-0.15, -0.1) is 0 Å². The third kappa shape index (κ3) is 3.85. The van der Waals surface area contributed by atoms with E-state index in [1.54, 1.807) is 6.07 Å². The van der Waals surface area contributed by atoms with Gasteiger partial charge in [0.25, 0.3) is 0 Å². The Morgan fingerprint density at radius 3 is 2.42 bits per heavy atom. The summed E-state index contributed by atoms with van der Waals surface area (Å²) >= 11 is 0. The summed E-state index contributed by atoms with van der Waals surface area (Å²) in [5, 5.41) is 0. The largest absolute Gasteiger partial charge is 0.436 e. The molecule has 0 atom stereocenters. The van der Waals surface area contributed by atoms with E-state index in [0.717, 1.165) is 31.2 Å². The predicted octanol–water partition coefficient (Wildman–Crippen LogP) is 3.66. The molecule has 1 heterocycles. The molecular weight excluding hydrogens is 333 g/mol. The molecule has 6 heteroatoms. The van der Waals surface area contributed by atoms with Gasteiger partial charge in [-0.3, -0.25) is 4.79 Å². The summed E-state index contributed by atoms with van der Waals surface area (Å²) in [7, 11) is 0. The molecule has 0 bridgehead atoms. The molecule has 5 nitrogen and oxygen atoms in total. The first-order valence-corrected chi connectivity index (χ1v) is 8.98. The average Bonchev–Trinajstić information content (AvgIpc) is 2.90. The molecule has 1 amide bonds. The molecule has 1 aliphatic rings. The minimum atomic E-state index is -0.574. The number of aromatic nitrogens is 1. The Morgan fingerprint density at radius 2 is 1.88 bits per heavy atom. The summed E-state index contributed by atoms with van der Waals surface area (Å²) in [5.41, 5.74) is 12.3. The third-order valence-corrected chi connectivity index (χ3v) is 5.23. The second-order valence-electron chi connectivity index (χ2n) is 6.90. The van der Waals surface area contributed by atoms with E-state index in [0.29, 0.717) is 6.54 Å². The highest BCUT2D eigenvalue weighted by molar-refractivity contribution is 5.92. The number of rotatable bonds is 5. The molecule has 1 aromatic heterocycles. The lowest BCUT2D eigenvalue weighted by Crippen LogP contribution is -2.34. The standard InChI is InChI=1S/C20H24FN3O2/c21-16-11-15(20(13-22)9-3-1-2-4-10-20)6-7-17(16)26-18-8-5-14(12-24-18)19(23)25/h5-8,11-12H,1-4,9-10,13,22H2,(H2,23,25). The highest BCUT2D eigenvalue weighted by Gasteiger charge is 2.32. The van der Waals surface area contributed by atoms with Crippen LogP contribution in [0.2, 0.25) is 0 Å². The molecule has 3 rings (SSSR count). The van der Waals surface area contributed by atoms with Crippen molar-refractivity contribution in [3.63, 3.8) is 0 Å². The topological polar surface area (TPSA) is 91.2 Å². The quantitative estimate of drug-likeness (QED) is 0.799. The minimum absolute atomic E-state index is 0.0915. The van der Waals surface area contributed by atoms with Crippen molar-refractivity contribution in [1.29, 1.82) is 0 Å². The Hall–Kier alpha value is -2.47. The summed E-state index contributed by atoms with van der Waals surface area (Å²) in [6, 6.07) is 8.03. The number of nitrogens with two attached hydrogens (primary N) is 2. The van der Waals surface area contributed by atoms with Gasteiger partial charge in [0.05, 0.1) is 5.56 Å². The van der Waals surface area contributed by atoms with Crippen molar-refractivity contribution in [2.75, 3.05) is 6.54 Å². The van der Waals surface area contributed by atoms with Gasteiger partial charge in [-0.1, -0.05) is 31.7 Å². The zero-order valence-corrected chi connectivity index (χ0v) is 14.7. The van der Waals surface area contributed by atoms with Crippen LogP contribution in [0.4, 0.5) is 4.39 Å². The Bertz CT molecular complexity index is 769. The third-order valence-electron chi connectivity index (χ3n) is 5.23. The highest BCUT2D eigenvalue weighted by atomic mass is 19.1. The van der Waals surface area contributed by atoms with Crippen LogP contribution in [0.1, 0.15) is 54.4 Å². The fourth-order valence-corrected chi connectivity index (χ4v) is 3.63. The van der Waals surface area contributed by atoms with Gasteiger partial charge >= 0.3 is 0 Å². The summed E-state index contributed by atoms with van der Waals surface area (Å²) < 4.78 is 20.1. The summed E-state index contributed by atoms with van der Waals surface area (Å²) in [5.74, 6) is -0.728. The molecule has 26 heavy (non-hydrogen) atoms. The second kappa shape index (κ2) is 7.83. The number of nitrogens with zero attached hydrogens (tertiary/aromatic N) is 1. The van der Waals surface area contributed by atoms with E-state index < -0.39 is 11.7 Å². The van der Waals surface area contributed by atoms with Gasteiger partial charge in [0.15, 0.2) is 11.6 Å². The van der Waals surface area contributed by atoms with Crippen molar-refractivity contribution in [2.24, 2.45) is 11.5 Å². The Balaban J connectivity index is 1.81. The smallest absolute Gasteiger partial charge is 0.250 e. The average molecular weight is 357 g/mol. The van der Waals surface area contributed by atoms with E-state index in [-0.39, 0.29) is 22.6 Å². The van der Waals surface area contributed by atoms with Crippen molar-refractivity contribution >= 4 is 5.91 Å². The Morgan fingerprint density at radius 1 is 1.15 bits per heavy atom. The number of primary amides is 1. The van der Waals surface area contributed by atoms with Crippen LogP contribution in [-0.2, 0) is 5.41 Å². The SMILES string of the molecule is NCC1(c2ccc(Oc3ccc(C(N)=O)cn3)c(F)c2)CCCCCC1. The Kier molecular flexibility index (Phi) is 5.52. The summed E-state index contributed by atoms with van der Waals surface area (Å²) in [6.45, 7) is 0.517. The van der Waals surface area contributed by atoms with E-state index in [2.05, 4.69) is 4.98 Å². The lowest BCUT2D eigenvalue weighted by atomic mass is 9.74. The fraction of sp³-hybridized carbons (Fsp3) is 0.400. The maximum Gasteiger partial charge on any atom is 0.250 e. The van der Waals surface area contributed by atoms with E-state index in [1.165, 1.54) is 37.2 Å². The number of halogens is 1. The lowest BCUT2D eigenvalue weighted by Gasteiger charge is -2.32.